The summed E-state index contributed by atoms with van der Waals surface area (Å²) in [6, 6.07) is 22.9. The van der Waals surface area contributed by atoms with E-state index in [4.69, 9.17) is 0 Å². The molecule has 7 heteroatoms. The highest BCUT2D eigenvalue weighted by molar-refractivity contribution is 8.00. The maximum atomic E-state index is 12.8. The van der Waals surface area contributed by atoms with E-state index < -0.39 is 0 Å². The highest BCUT2D eigenvalue weighted by atomic mass is 32.2. The first kappa shape index (κ1) is 21.1. The van der Waals surface area contributed by atoms with Gasteiger partial charge in [0.1, 0.15) is 5.01 Å². The van der Waals surface area contributed by atoms with E-state index in [2.05, 4.69) is 15.6 Å². The van der Waals surface area contributed by atoms with Gasteiger partial charge in [-0.25, -0.2) is 4.98 Å². The molecule has 0 aliphatic rings. The topological polar surface area (TPSA) is 71.1 Å². The van der Waals surface area contributed by atoms with Crippen LogP contribution in [-0.4, -0.2) is 22.6 Å². The van der Waals surface area contributed by atoms with Gasteiger partial charge in [-0.3, -0.25) is 9.59 Å². The number of nitrogens with one attached hydrogen (secondary N) is 2. The molecule has 31 heavy (non-hydrogen) atoms. The lowest BCUT2D eigenvalue weighted by Gasteiger charge is -2.10. The minimum Gasteiger partial charge on any atom is -0.345 e. The number of aryl methyl sites for hydroxylation is 1. The Morgan fingerprint density at radius 1 is 0.968 bits per heavy atom. The van der Waals surface area contributed by atoms with E-state index in [1.165, 1.54) is 11.8 Å². The number of thioether (sulfide) groups is 1. The van der Waals surface area contributed by atoms with Gasteiger partial charge in [0.05, 0.1) is 28.1 Å². The summed E-state index contributed by atoms with van der Waals surface area (Å²) in [5, 5.41) is 6.68. The quantitative estimate of drug-likeness (QED) is 0.379. The summed E-state index contributed by atoms with van der Waals surface area (Å²) >= 11 is 2.92. The molecule has 4 aromatic rings. The summed E-state index contributed by atoms with van der Waals surface area (Å²) in [7, 11) is 0. The van der Waals surface area contributed by atoms with Crippen molar-refractivity contribution in [2.75, 3.05) is 11.1 Å². The number of carbonyl (C=O) groups is 2. The third-order valence-corrected chi connectivity index (χ3v) is 6.67. The van der Waals surface area contributed by atoms with Crippen LogP contribution < -0.4 is 10.6 Å². The number of hydrogen-bond acceptors (Lipinski definition) is 5. The smallest absolute Gasteiger partial charge is 0.252 e. The summed E-state index contributed by atoms with van der Waals surface area (Å²) in [5.74, 6) is -0.0735. The van der Waals surface area contributed by atoms with E-state index in [1.807, 2.05) is 73.7 Å². The molecule has 5 nitrogen and oxygen atoms in total. The molecule has 3 aromatic carbocycles. The Morgan fingerprint density at radius 3 is 2.52 bits per heavy atom. The van der Waals surface area contributed by atoms with Gasteiger partial charge in [-0.15, -0.1) is 23.1 Å². The number of aromatic nitrogens is 1. The van der Waals surface area contributed by atoms with Gasteiger partial charge in [-0.1, -0.05) is 42.0 Å². The zero-order chi connectivity index (χ0) is 21.6. The molecule has 2 N–H and O–H groups in total. The van der Waals surface area contributed by atoms with Gasteiger partial charge < -0.3 is 10.6 Å². The fourth-order valence-corrected chi connectivity index (χ4v) is 4.76. The Hall–Kier alpha value is -3.16. The Bertz CT molecular complexity index is 1190. The second kappa shape index (κ2) is 9.76. The molecule has 4 rings (SSSR count). The Kier molecular flexibility index (Phi) is 6.64. The molecular formula is C24H21N3O2S2. The summed E-state index contributed by atoms with van der Waals surface area (Å²) in [6.07, 6.45) is 0. The fraction of sp³-hybridized carbons (Fsp3) is 0.125. The number of thiazole rings is 1. The molecule has 156 valence electrons. The molecular weight excluding hydrogens is 426 g/mol. The van der Waals surface area contributed by atoms with Crippen molar-refractivity contribution < 1.29 is 9.59 Å². The number of benzene rings is 3. The van der Waals surface area contributed by atoms with Crippen molar-refractivity contribution in [1.29, 1.82) is 0 Å². The fourth-order valence-electron chi connectivity index (χ4n) is 3.00. The zero-order valence-corrected chi connectivity index (χ0v) is 18.6. The van der Waals surface area contributed by atoms with Crippen molar-refractivity contribution in [3.8, 4) is 0 Å². The molecule has 0 unspecified atom stereocenters. The second-order valence-corrected chi connectivity index (χ2v) is 9.09. The molecule has 0 aliphatic heterocycles. The van der Waals surface area contributed by atoms with Crippen LogP contribution in [0.5, 0.6) is 0 Å². The molecule has 0 saturated carbocycles. The molecule has 0 radical (unpaired) electrons. The van der Waals surface area contributed by atoms with Gasteiger partial charge in [0.2, 0.25) is 5.91 Å². The van der Waals surface area contributed by atoms with Crippen LogP contribution >= 0.6 is 23.1 Å². The summed E-state index contributed by atoms with van der Waals surface area (Å²) in [4.78, 5) is 30.4. The highest BCUT2D eigenvalue weighted by Gasteiger charge is 2.14. The van der Waals surface area contributed by atoms with E-state index >= 15 is 0 Å². The lowest BCUT2D eigenvalue weighted by Crippen LogP contribution is -2.23. The molecule has 1 heterocycles. The van der Waals surface area contributed by atoms with Gasteiger partial charge >= 0.3 is 0 Å². The van der Waals surface area contributed by atoms with Crippen LogP contribution in [0.2, 0.25) is 0 Å². The summed E-state index contributed by atoms with van der Waals surface area (Å²) in [6.45, 7) is 2.37. The van der Waals surface area contributed by atoms with Gasteiger partial charge in [-0.05, 0) is 43.3 Å². The number of amides is 2. The first-order chi connectivity index (χ1) is 15.1. The van der Waals surface area contributed by atoms with Gasteiger partial charge in [0.15, 0.2) is 0 Å². The number of anilines is 1. The third-order valence-electron chi connectivity index (χ3n) is 4.56. The van der Waals surface area contributed by atoms with E-state index in [9.17, 15) is 9.59 Å². The van der Waals surface area contributed by atoms with Crippen LogP contribution in [-0.2, 0) is 11.3 Å². The van der Waals surface area contributed by atoms with Crippen molar-refractivity contribution in [2.45, 2.75) is 18.4 Å². The van der Waals surface area contributed by atoms with Crippen LogP contribution in [0.1, 0.15) is 20.9 Å². The average Bonchev–Trinajstić information content (AvgIpc) is 3.21. The van der Waals surface area contributed by atoms with Crippen LogP contribution in [0.25, 0.3) is 10.2 Å². The van der Waals surface area contributed by atoms with Crippen LogP contribution in [0.3, 0.4) is 0 Å². The van der Waals surface area contributed by atoms with Crippen molar-refractivity contribution in [3.63, 3.8) is 0 Å². The minimum atomic E-state index is -0.179. The Labute approximate surface area is 188 Å². The summed E-state index contributed by atoms with van der Waals surface area (Å²) in [5.41, 5.74) is 3.39. The third kappa shape index (κ3) is 5.51. The Balaban J connectivity index is 1.36. The van der Waals surface area contributed by atoms with Crippen LogP contribution in [0.15, 0.2) is 77.7 Å². The highest BCUT2D eigenvalue weighted by Crippen LogP contribution is 2.24. The number of fused-ring (bicyclic) bond motifs is 1. The van der Waals surface area contributed by atoms with E-state index in [1.54, 1.807) is 17.4 Å². The number of carbonyl (C=O) groups excluding carboxylic acids is 2. The van der Waals surface area contributed by atoms with Gasteiger partial charge in [0, 0.05) is 10.6 Å². The molecule has 2 amide bonds. The van der Waals surface area contributed by atoms with Gasteiger partial charge in [-0.2, -0.15) is 0 Å². The Morgan fingerprint density at radius 2 is 1.71 bits per heavy atom. The number of rotatable bonds is 7. The van der Waals surface area contributed by atoms with E-state index in [0.29, 0.717) is 12.1 Å². The van der Waals surface area contributed by atoms with Crippen molar-refractivity contribution in [2.24, 2.45) is 0 Å². The first-order valence-electron chi connectivity index (χ1n) is 9.79. The molecule has 0 saturated heterocycles. The lowest BCUT2D eigenvalue weighted by atomic mass is 10.2. The SMILES string of the molecule is Cc1ccc(NC(=O)CSc2ccccc2C(=O)NCc2nc3ccccc3s2)cc1. The normalized spacial score (nSPS) is 10.7. The molecule has 0 fully saturated rings. The molecule has 0 bridgehead atoms. The molecule has 0 aliphatic carbocycles. The standard InChI is InChI=1S/C24H21N3O2S2/c1-16-10-12-17(13-11-16)26-22(28)15-30-20-8-4-2-6-18(20)24(29)25-14-23-27-19-7-3-5-9-21(19)31-23/h2-13H,14-15H2,1H3,(H,25,29)(H,26,28). The molecule has 1 aromatic heterocycles. The maximum absolute atomic E-state index is 12.8. The zero-order valence-electron chi connectivity index (χ0n) is 16.9. The van der Waals surface area contributed by atoms with Crippen LogP contribution in [0.4, 0.5) is 5.69 Å². The number of para-hydroxylation sites is 1. The second-order valence-electron chi connectivity index (χ2n) is 6.96. The first-order valence-corrected chi connectivity index (χ1v) is 11.6. The lowest BCUT2D eigenvalue weighted by molar-refractivity contribution is -0.113. The maximum Gasteiger partial charge on any atom is 0.252 e. The van der Waals surface area contributed by atoms with Crippen molar-refractivity contribution in [3.05, 3.63) is 88.9 Å². The number of nitrogens with zero attached hydrogens (tertiary/aromatic N) is 1. The van der Waals surface area contributed by atoms with E-state index in [0.717, 1.165) is 31.4 Å². The predicted molar refractivity (Wildman–Crippen MR) is 128 cm³/mol. The average molecular weight is 448 g/mol. The van der Waals surface area contributed by atoms with E-state index in [-0.39, 0.29) is 17.6 Å². The monoisotopic (exact) mass is 447 g/mol. The predicted octanol–water partition coefficient (Wildman–Crippen LogP) is 5.27. The minimum absolute atomic E-state index is 0.112. The summed E-state index contributed by atoms with van der Waals surface area (Å²) < 4.78 is 1.10. The largest absolute Gasteiger partial charge is 0.345 e. The molecule has 0 atom stereocenters. The van der Waals surface area contributed by atoms with Crippen molar-refractivity contribution >= 4 is 50.8 Å². The van der Waals surface area contributed by atoms with Crippen LogP contribution in [0, 0.1) is 6.92 Å². The molecule has 0 spiro atoms. The van der Waals surface area contributed by atoms with Gasteiger partial charge in [0.25, 0.3) is 5.91 Å². The number of hydrogen-bond donors (Lipinski definition) is 2. The van der Waals surface area contributed by atoms with Crippen molar-refractivity contribution in [1.82, 2.24) is 10.3 Å².